The molecule has 2 rings (SSSR count). The number of esters is 2. The summed E-state index contributed by atoms with van der Waals surface area (Å²) in [6.07, 6.45) is 0.900. The fraction of sp³-hybridized carbons (Fsp3) is 0.500. The van der Waals surface area contributed by atoms with Gasteiger partial charge in [0.05, 0.1) is 13.2 Å². The van der Waals surface area contributed by atoms with E-state index in [1.165, 1.54) is 37.4 Å². The van der Waals surface area contributed by atoms with Gasteiger partial charge in [-0.15, -0.1) is 0 Å². The van der Waals surface area contributed by atoms with Crippen LogP contribution in [0.5, 0.6) is 0 Å². The third-order valence-corrected chi connectivity index (χ3v) is 9.18. The second-order valence-electron chi connectivity index (χ2n) is 12.1. The van der Waals surface area contributed by atoms with Crippen LogP contribution in [0.25, 0.3) is 0 Å². The standard InChI is InChI=1S/2C20H27NO6S/c2*1-3-26-19(24)18(12-11-17(23)10-7-13-28-15(2)22)21-20(25)27-14-16-8-5-4-6-9-16/h2*4-6,8-9,18H,3,7,10-14H2,1-2H3,(H,21,25)/t18-;/m0./s1. The molecular weight excluding hydrogens is 765 g/mol. The molecule has 2 N–H and O–H groups in total. The molecule has 56 heavy (non-hydrogen) atoms. The van der Waals surface area contributed by atoms with Crippen LogP contribution >= 0.6 is 23.5 Å². The summed E-state index contributed by atoms with van der Waals surface area (Å²) in [6, 6.07) is 16.4. The average molecular weight is 819 g/mol. The third kappa shape index (κ3) is 25.4. The van der Waals surface area contributed by atoms with Crippen molar-refractivity contribution in [1.29, 1.82) is 0 Å². The number of carbonyl (C=O) groups is 8. The van der Waals surface area contributed by atoms with Gasteiger partial charge in [-0.05, 0) is 50.7 Å². The number of ketones is 2. The first-order valence-electron chi connectivity index (χ1n) is 18.4. The lowest BCUT2D eigenvalue weighted by molar-refractivity contribution is -0.146. The first-order valence-corrected chi connectivity index (χ1v) is 20.4. The zero-order valence-corrected chi connectivity index (χ0v) is 34.2. The molecule has 0 radical (unpaired) electrons. The van der Waals surface area contributed by atoms with Crippen molar-refractivity contribution in [3.05, 3.63) is 71.8 Å². The Kier molecular flexibility index (Phi) is 26.9. The SMILES string of the molecule is CCOC(=O)C(CCC(=O)CCCSC(C)=O)NC(=O)OCc1ccccc1.CCOC(=O)[C@H](CCC(=O)CCCSC(C)=O)NC(=O)OCc1ccccc1. The number of amides is 2. The minimum absolute atomic E-state index is 0.0213. The molecule has 2 atom stereocenters. The number of ether oxygens (including phenoxy) is 4. The van der Waals surface area contributed by atoms with Crippen molar-refractivity contribution in [3.63, 3.8) is 0 Å². The monoisotopic (exact) mass is 818 g/mol. The van der Waals surface area contributed by atoms with Gasteiger partial charge in [0.25, 0.3) is 0 Å². The van der Waals surface area contributed by atoms with Crippen LogP contribution in [0.4, 0.5) is 9.59 Å². The highest BCUT2D eigenvalue weighted by Gasteiger charge is 2.25. The summed E-state index contributed by atoms with van der Waals surface area (Å²) in [5.74, 6) is -0.0761. The molecule has 1 unspecified atom stereocenters. The van der Waals surface area contributed by atoms with Gasteiger partial charge in [0.15, 0.2) is 10.2 Å². The summed E-state index contributed by atoms with van der Waals surface area (Å²) >= 11 is 2.36. The molecule has 0 spiro atoms. The summed E-state index contributed by atoms with van der Waals surface area (Å²) in [5, 5.41) is 4.99. The van der Waals surface area contributed by atoms with E-state index in [2.05, 4.69) is 10.6 Å². The zero-order valence-electron chi connectivity index (χ0n) is 32.5. The van der Waals surface area contributed by atoms with E-state index in [1.807, 2.05) is 60.7 Å². The molecule has 0 saturated carbocycles. The number of Topliss-reactive ketones (excluding diaryl/α,β-unsaturated/α-hetero) is 2. The normalized spacial score (nSPS) is 11.4. The van der Waals surface area contributed by atoms with Crippen LogP contribution in [0.2, 0.25) is 0 Å². The number of hydrogen-bond acceptors (Lipinski definition) is 14. The van der Waals surface area contributed by atoms with Gasteiger partial charge in [-0.3, -0.25) is 19.2 Å². The third-order valence-electron chi connectivity index (χ3n) is 7.39. The Labute approximate surface area is 337 Å². The van der Waals surface area contributed by atoms with E-state index >= 15 is 0 Å². The maximum Gasteiger partial charge on any atom is 0.408 e. The molecule has 0 fully saturated rings. The van der Waals surface area contributed by atoms with E-state index in [1.54, 1.807) is 13.8 Å². The van der Waals surface area contributed by atoms with Crippen molar-refractivity contribution in [2.24, 2.45) is 0 Å². The predicted octanol–water partition coefficient (Wildman–Crippen LogP) is 6.51. The van der Waals surface area contributed by atoms with Crippen LogP contribution in [0, 0.1) is 0 Å². The lowest BCUT2D eigenvalue weighted by Gasteiger charge is -2.17. The molecule has 0 saturated heterocycles. The minimum Gasteiger partial charge on any atom is -0.464 e. The predicted molar refractivity (Wildman–Crippen MR) is 214 cm³/mol. The fourth-order valence-electron chi connectivity index (χ4n) is 4.63. The van der Waals surface area contributed by atoms with Crippen molar-refractivity contribution in [2.45, 2.75) is 104 Å². The summed E-state index contributed by atoms with van der Waals surface area (Å²) in [4.78, 5) is 93.8. The lowest BCUT2D eigenvalue weighted by atomic mass is 10.1. The number of benzene rings is 2. The van der Waals surface area contributed by atoms with E-state index in [0.29, 0.717) is 37.2 Å². The molecule has 14 nitrogen and oxygen atoms in total. The molecule has 0 aromatic heterocycles. The summed E-state index contributed by atoms with van der Waals surface area (Å²) in [7, 11) is 0. The first-order chi connectivity index (χ1) is 26.8. The van der Waals surface area contributed by atoms with Crippen LogP contribution in [-0.4, -0.2) is 82.7 Å². The highest BCUT2D eigenvalue weighted by molar-refractivity contribution is 8.13. The molecular formula is C40H54N2O12S2. The zero-order chi connectivity index (χ0) is 41.6. The Bertz CT molecular complexity index is 1410. The van der Waals surface area contributed by atoms with Crippen molar-refractivity contribution >= 4 is 69.4 Å². The number of alkyl carbamates (subject to hydrolysis) is 2. The molecule has 0 heterocycles. The molecule has 308 valence electrons. The van der Waals surface area contributed by atoms with Gasteiger partial charge in [-0.25, -0.2) is 19.2 Å². The number of hydrogen-bond donors (Lipinski definition) is 2. The summed E-state index contributed by atoms with van der Waals surface area (Å²) in [6.45, 7) is 6.81. The van der Waals surface area contributed by atoms with Gasteiger partial charge >= 0.3 is 24.1 Å². The molecule has 2 amide bonds. The fourth-order valence-corrected chi connectivity index (χ4v) is 5.78. The maximum absolute atomic E-state index is 12.1. The van der Waals surface area contributed by atoms with Crippen LogP contribution in [-0.2, 0) is 60.9 Å². The van der Waals surface area contributed by atoms with Crippen LogP contribution in [0.1, 0.15) is 90.2 Å². The van der Waals surface area contributed by atoms with Crippen molar-refractivity contribution in [2.75, 3.05) is 24.7 Å². The van der Waals surface area contributed by atoms with E-state index in [9.17, 15) is 38.4 Å². The van der Waals surface area contributed by atoms with Crippen LogP contribution in [0.15, 0.2) is 60.7 Å². The second kappa shape index (κ2) is 30.5. The Morgan fingerprint density at radius 2 is 0.893 bits per heavy atom. The van der Waals surface area contributed by atoms with Crippen molar-refractivity contribution < 1.29 is 57.3 Å². The highest BCUT2D eigenvalue weighted by Crippen LogP contribution is 2.11. The summed E-state index contributed by atoms with van der Waals surface area (Å²) in [5.41, 5.74) is 1.65. The van der Waals surface area contributed by atoms with Gasteiger partial charge < -0.3 is 29.6 Å². The minimum atomic E-state index is -0.946. The second-order valence-corrected chi connectivity index (χ2v) is 14.6. The van der Waals surface area contributed by atoms with Crippen LogP contribution in [0.3, 0.4) is 0 Å². The Balaban J connectivity index is 0.000000560. The molecule has 0 bridgehead atoms. The molecule has 2 aromatic rings. The van der Waals surface area contributed by atoms with Crippen LogP contribution < -0.4 is 10.6 Å². The van der Waals surface area contributed by atoms with E-state index < -0.39 is 36.2 Å². The largest absolute Gasteiger partial charge is 0.464 e. The summed E-state index contributed by atoms with van der Waals surface area (Å²) < 4.78 is 20.2. The maximum atomic E-state index is 12.1. The first kappa shape index (κ1) is 49.3. The Hall–Kier alpha value is -4.70. The van der Waals surface area contributed by atoms with Gasteiger partial charge in [-0.2, -0.15) is 0 Å². The lowest BCUT2D eigenvalue weighted by Crippen LogP contribution is -2.42. The molecule has 16 heteroatoms. The highest BCUT2D eigenvalue weighted by atomic mass is 32.2. The Morgan fingerprint density at radius 1 is 0.536 bits per heavy atom. The number of nitrogens with one attached hydrogen (secondary N) is 2. The molecule has 0 aliphatic rings. The van der Waals surface area contributed by atoms with Gasteiger partial charge in [0.1, 0.15) is 36.9 Å². The topological polar surface area (TPSA) is 198 Å². The van der Waals surface area contributed by atoms with Gasteiger partial charge in [0, 0.05) is 51.0 Å². The smallest absolute Gasteiger partial charge is 0.408 e. The number of thioether (sulfide) groups is 2. The van der Waals surface area contributed by atoms with Crippen molar-refractivity contribution in [1.82, 2.24) is 10.6 Å². The molecule has 0 aliphatic heterocycles. The quantitative estimate of drug-likeness (QED) is 0.0661. The van der Waals surface area contributed by atoms with Gasteiger partial charge in [-0.1, -0.05) is 84.2 Å². The number of carbonyl (C=O) groups excluding carboxylic acids is 8. The van der Waals surface area contributed by atoms with Gasteiger partial charge in [0.2, 0.25) is 0 Å². The molecule has 2 aromatic carbocycles. The number of rotatable bonds is 24. The Morgan fingerprint density at radius 3 is 1.21 bits per heavy atom. The van der Waals surface area contributed by atoms with E-state index in [-0.39, 0.29) is 73.9 Å². The van der Waals surface area contributed by atoms with E-state index in [0.717, 1.165) is 11.1 Å². The molecule has 0 aliphatic carbocycles. The average Bonchev–Trinajstić information content (AvgIpc) is 3.17. The van der Waals surface area contributed by atoms with E-state index in [4.69, 9.17) is 18.9 Å². The van der Waals surface area contributed by atoms with Crippen molar-refractivity contribution in [3.8, 4) is 0 Å².